The maximum Gasteiger partial charge on any atom is 0.225 e. The molecule has 2 fully saturated rings. The summed E-state index contributed by atoms with van der Waals surface area (Å²) in [4.78, 5) is 24.2. The first kappa shape index (κ1) is 24.5. The predicted molar refractivity (Wildman–Crippen MR) is 144 cm³/mol. The molecule has 0 N–H and O–H groups in total. The summed E-state index contributed by atoms with van der Waals surface area (Å²) in [5.41, 5.74) is 5.05. The Bertz CT molecular complexity index is 1400. The van der Waals surface area contributed by atoms with E-state index in [1.165, 1.54) is 0 Å². The van der Waals surface area contributed by atoms with Crippen molar-refractivity contribution in [2.24, 2.45) is 13.0 Å². The van der Waals surface area contributed by atoms with Crippen LogP contribution in [-0.2, 0) is 16.6 Å². The zero-order valence-corrected chi connectivity index (χ0v) is 21.9. The van der Waals surface area contributed by atoms with Crippen LogP contribution in [0.1, 0.15) is 38.1 Å². The average Bonchev–Trinajstić information content (AvgIpc) is 3.74. The third-order valence-electron chi connectivity index (χ3n) is 7.96. The molecule has 0 bridgehead atoms. The molecule has 38 heavy (non-hydrogen) atoms. The number of hydrogen-bond acceptors (Lipinski definition) is 6. The highest BCUT2D eigenvalue weighted by molar-refractivity contribution is 5.79. The van der Waals surface area contributed by atoms with Gasteiger partial charge < -0.3 is 9.64 Å². The van der Waals surface area contributed by atoms with Gasteiger partial charge in [0.25, 0.3) is 0 Å². The van der Waals surface area contributed by atoms with Crippen LogP contribution in [0.5, 0.6) is 0 Å². The zero-order chi connectivity index (χ0) is 26.1. The number of nitrogens with zero attached hydrogens (tertiary/aromatic N) is 7. The van der Waals surface area contributed by atoms with E-state index in [1.54, 1.807) is 11.8 Å². The molecule has 1 aliphatic heterocycles. The summed E-state index contributed by atoms with van der Waals surface area (Å²) in [5.74, 6) is 1.10. The van der Waals surface area contributed by atoms with Crippen molar-refractivity contribution in [2.75, 3.05) is 20.2 Å². The molecule has 1 amide bonds. The Kier molecular flexibility index (Phi) is 6.76. The number of ether oxygens (including phenoxy) is 1. The minimum absolute atomic E-state index is 0.120. The van der Waals surface area contributed by atoms with E-state index in [1.807, 2.05) is 55.1 Å². The van der Waals surface area contributed by atoms with Gasteiger partial charge in [-0.1, -0.05) is 18.2 Å². The molecule has 0 unspecified atom stereocenters. The number of carbonyl (C=O) groups excluding carboxylic acids is 1. The van der Waals surface area contributed by atoms with Crippen LogP contribution in [0, 0.1) is 5.92 Å². The molecule has 9 heteroatoms. The van der Waals surface area contributed by atoms with Crippen molar-refractivity contribution in [1.29, 1.82) is 0 Å². The Labute approximate surface area is 222 Å². The smallest absolute Gasteiger partial charge is 0.225 e. The Morgan fingerprint density at radius 3 is 2.32 bits per heavy atom. The highest BCUT2D eigenvalue weighted by atomic mass is 16.5. The number of methoxy groups -OCH3 is 1. The van der Waals surface area contributed by atoms with Gasteiger partial charge >= 0.3 is 0 Å². The molecule has 0 spiro atoms. The van der Waals surface area contributed by atoms with Gasteiger partial charge in [0.15, 0.2) is 5.82 Å². The quantitative estimate of drug-likeness (QED) is 0.381. The summed E-state index contributed by atoms with van der Waals surface area (Å²) in [6.07, 6.45) is 16.4. The van der Waals surface area contributed by atoms with Crippen molar-refractivity contribution in [3.8, 4) is 33.6 Å². The number of aromatic nitrogens is 6. The monoisotopic (exact) mass is 511 g/mol. The van der Waals surface area contributed by atoms with Gasteiger partial charge in [0.2, 0.25) is 5.91 Å². The minimum atomic E-state index is 0.120. The molecule has 9 nitrogen and oxygen atoms in total. The maximum absolute atomic E-state index is 12.9. The van der Waals surface area contributed by atoms with Gasteiger partial charge in [-0.15, -0.1) is 0 Å². The number of aryl methyl sites for hydroxylation is 1. The van der Waals surface area contributed by atoms with E-state index in [9.17, 15) is 4.79 Å². The van der Waals surface area contributed by atoms with Crippen LogP contribution in [0.3, 0.4) is 0 Å². The van der Waals surface area contributed by atoms with Crippen molar-refractivity contribution in [3.63, 3.8) is 0 Å². The molecule has 0 radical (unpaired) electrons. The Morgan fingerprint density at radius 1 is 0.868 bits per heavy atom. The lowest BCUT2D eigenvalue weighted by Crippen LogP contribution is -2.37. The lowest BCUT2D eigenvalue weighted by atomic mass is 9.85. The number of carbonyl (C=O) groups is 1. The van der Waals surface area contributed by atoms with Crippen molar-refractivity contribution >= 4 is 5.91 Å². The van der Waals surface area contributed by atoms with E-state index in [2.05, 4.69) is 43.2 Å². The van der Waals surface area contributed by atoms with E-state index < -0.39 is 0 Å². The van der Waals surface area contributed by atoms with Gasteiger partial charge in [-0.3, -0.25) is 14.2 Å². The summed E-state index contributed by atoms with van der Waals surface area (Å²) in [6.45, 7) is 1.55. The number of benzene rings is 1. The summed E-state index contributed by atoms with van der Waals surface area (Å²) < 4.78 is 9.28. The van der Waals surface area contributed by atoms with Gasteiger partial charge in [-0.2, -0.15) is 10.2 Å². The second kappa shape index (κ2) is 10.5. The van der Waals surface area contributed by atoms with Crippen LogP contribution in [0.15, 0.2) is 61.4 Å². The number of likely N-dealkylation sites (tertiary alicyclic amines) is 1. The van der Waals surface area contributed by atoms with Crippen LogP contribution < -0.4 is 0 Å². The van der Waals surface area contributed by atoms with Crippen LogP contribution in [0.25, 0.3) is 33.6 Å². The first-order valence-electron chi connectivity index (χ1n) is 13.3. The third-order valence-corrected chi connectivity index (χ3v) is 7.96. The molecule has 6 rings (SSSR count). The molecule has 2 aliphatic rings. The summed E-state index contributed by atoms with van der Waals surface area (Å²) >= 11 is 0. The third kappa shape index (κ3) is 4.98. The molecular weight excluding hydrogens is 478 g/mol. The molecule has 1 saturated heterocycles. The van der Waals surface area contributed by atoms with E-state index in [0.29, 0.717) is 17.8 Å². The summed E-state index contributed by atoms with van der Waals surface area (Å²) in [7, 11) is 3.64. The number of rotatable bonds is 6. The molecule has 1 atom stereocenters. The largest absolute Gasteiger partial charge is 0.380 e. The van der Waals surface area contributed by atoms with Crippen molar-refractivity contribution in [1.82, 2.24) is 34.4 Å². The van der Waals surface area contributed by atoms with E-state index in [-0.39, 0.29) is 12.0 Å². The Hall–Kier alpha value is -3.85. The lowest BCUT2D eigenvalue weighted by molar-refractivity contribution is -0.136. The SMILES string of the molecule is CO[C@@H]1CCN(C(=O)[C@H]2CC[C@H](n3cc(-c4cnc(-c5cccc(-c6cnn(C)c6)c5)nc4)cn3)CC2)C1. The van der Waals surface area contributed by atoms with Gasteiger partial charge in [0.1, 0.15) is 0 Å². The fraction of sp³-hybridized carbons (Fsp3) is 0.414. The fourth-order valence-corrected chi connectivity index (χ4v) is 5.69. The normalized spacial score (nSPS) is 21.6. The standard InChI is InChI=1S/C29H33N7O2/c1-34-17-24(15-32-34)21-4-3-5-22(12-21)28-30-13-23(14-31-28)25-16-33-36(18-25)26-8-6-20(7-9-26)29(37)35-11-10-27(19-35)38-2/h3-5,12-18,20,26-27H,6-11,19H2,1-2H3/t20-,26-,27-/m1/s1. The van der Waals surface area contributed by atoms with Crippen molar-refractivity contribution in [2.45, 2.75) is 44.2 Å². The summed E-state index contributed by atoms with van der Waals surface area (Å²) in [6, 6.07) is 8.50. The second-order valence-corrected chi connectivity index (χ2v) is 10.4. The molecule has 1 saturated carbocycles. The van der Waals surface area contributed by atoms with Crippen LogP contribution in [0.4, 0.5) is 0 Å². The van der Waals surface area contributed by atoms with Crippen molar-refractivity contribution < 1.29 is 9.53 Å². The van der Waals surface area contributed by atoms with E-state index in [4.69, 9.17) is 4.74 Å². The highest BCUT2D eigenvalue weighted by Crippen LogP contribution is 2.34. The van der Waals surface area contributed by atoms with E-state index >= 15 is 0 Å². The molecular formula is C29H33N7O2. The lowest BCUT2D eigenvalue weighted by Gasteiger charge is -2.30. The first-order valence-corrected chi connectivity index (χ1v) is 13.3. The average molecular weight is 512 g/mol. The minimum Gasteiger partial charge on any atom is -0.380 e. The van der Waals surface area contributed by atoms with Gasteiger partial charge in [-0.25, -0.2) is 9.97 Å². The zero-order valence-electron chi connectivity index (χ0n) is 21.9. The molecule has 196 valence electrons. The van der Waals surface area contributed by atoms with Gasteiger partial charge in [-0.05, 0) is 43.7 Å². The van der Waals surface area contributed by atoms with Crippen LogP contribution in [0.2, 0.25) is 0 Å². The molecule has 1 aliphatic carbocycles. The fourth-order valence-electron chi connectivity index (χ4n) is 5.69. The summed E-state index contributed by atoms with van der Waals surface area (Å²) in [5, 5.41) is 8.92. The topological polar surface area (TPSA) is 91.0 Å². The van der Waals surface area contributed by atoms with Crippen LogP contribution >= 0.6 is 0 Å². The number of amides is 1. The second-order valence-electron chi connectivity index (χ2n) is 10.4. The molecule has 1 aromatic carbocycles. The molecule has 4 aromatic rings. The molecule has 4 heterocycles. The molecule has 3 aromatic heterocycles. The number of hydrogen-bond donors (Lipinski definition) is 0. The Balaban J connectivity index is 1.09. The van der Waals surface area contributed by atoms with Crippen LogP contribution in [-0.4, -0.2) is 66.6 Å². The predicted octanol–water partition coefficient (Wildman–Crippen LogP) is 4.39. The van der Waals surface area contributed by atoms with Gasteiger partial charge in [0.05, 0.1) is 24.5 Å². The maximum atomic E-state index is 12.9. The van der Waals surface area contributed by atoms with Gasteiger partial charge in [0, 0.05) is 80.2 Å². The highest BCUT2D eigenvalue weighted by Gasteiger charge is 2.33. The van der Waals surface area contributed by atoms with Crippen molar-refractivity contribution in [3.05, 3.63) is 61.4 Å². The van der Waals surface area contributed by atoms with E-state index in [0.717, 1.165) is 73.0 Å². The first-order chi connectivity index (χ1) is 18.6. The Morgan fingerprint density at radius 2 is 1.61 bits per heavy atom.